The Balaban J connectivity index is 4.57. The van der Waals surface area contributed by atoms with Gasteiger partial charge >= 0.3 is 5.97 Å². The van der Waals surface area contributed by atoms with Crippen LogP contribution >= 0.6 is 11.8 Å². The molecule has 0 saturated heterocycles. The molecule has 0 aromatic rings. The number of carbonyl (C=O) groups excluding carboxylic acids is 3. The molecule has 0 aromatic carbocycles. The van der Waals surface area contributed by atoms with E-state index in [1.54, 1.807) is 25.6 Å². The van der Waals surface area contributed by atoms with Gasteiger partial charge in [-0.05, 0) is 38.2 Å². The van der Waals surface area contributed by atoms with Crippen molar-refractivity contribution < 1.29 is 24.3 Å². The molecule has 0 aromatic heterocycles. The minimum absolute atomic E-state index is 0.305. The summed E-state index contributed by atoms with van der Waals surface area (Å²) in [6.45, 7) is 6.25. The Morgan fingerprint density at radius 3 is 1.81 bits per heavy atom. The largest absolute Gasteiger partial charge is 0.480 e. The first-order valence-electron chi connectivity index (χ1n) is 8.39. The van der Waals surface area contributed by atoms with Crippen molar-refractivity contribution in [2.24, 2.45) is 11.7 Å². The maximum Gasteiger partial charge on any atom is 0.326 e. The number of thioether (sulfide) groups is 1. The van der Waals surface area contributed by atoms with Crippen LogP contribution in [-0.2, 0) is 19.2 Å². The van der Waals surface area contributed by atoms with E-state index >= 15 is 0 Å². The number of hydrogen-bond donors (Lipinski definition) is 5. The fourth-order valence-electron chi connectivity index (χ4n) is 1.96. The summed E-state index contributed by atoms with van der Waals surface area (Å²) in [6.07, 6.45) is 2.40. The van der Waals surface area contributed by atoms with E-state index in [9.17, 15) is 19.2 Å². The molecule has 0 spiro atoms. The Hall–Kier alpha value is -1.81. The summed E-state index contributed by atoms with van der Waals surface area (Å²) >= 11 is 1.57. The quantitative estimate of drug-likeness (QED) is 0.313. The van der Waals surface area contributed by atoms with Crippen LogP contribution in [-0.4, -0.2) is 65.0 Å². The number of hydrogen-bond acceptors (Lipinski definition) is 6. The molecule has 3 amide bonds. The molecule has 0 aliphatic heterocycles. The van der Waals surface area contributed by atoms with Gasteiger partial charge in [-0.3, -0.25) is 14.4 Å². The Kier molecular flexibility index (Phi) is 10.9. The lowest BCUT2D eigenvalue weighted by Gasteiger charge is -2.22. The van der Waals surface area contributed by atoms with Crippen molar-refractivity contribution in [2.75, 3.05) is 12.0 Å². The number of nitrogens with one attached hydrogen (secondary N) is 3. The fourth-order valence-corrected chi connectivity index (χ4v) is 2.45. The average Bonchev–Trinajstić information content (AvgIpc) is 2.55. The number of nitrogens with two attached hydrogens (primary N) is 1. The second-order valence-corrected chi connectivity index (χ2v) is 7.40. The van der Waals surface area contributed by atoms with Crippen molar-refractivity contribution in [3.05, 3.63) is 0 Å². The van der Waals surface area contributed by atoms with E-state index < -0.39 is 47.9 Å². The highest BCUT2D eigenvalue weighted by molar-refractivity contribution is 7.98. The summed E-state index contributed by atoms with van der Waals surface area (Å²) in [4.78, 5) is 47.2. The lowest BCUT2D eigenvalue weighted by atomic mass is 10.0. The number of carboxylic acids is 1. The zero-order valence-corrected chi connectivity index (χ0v) is 16.7. The number of rotatable bonds is 11. The monoisotopic (exact) mass is 390 g/mol. The maximum absolute atomic E-state index is 12.1. The molecule has 0 bridgehead atoms. The smallest absolute Gasteiger partial charge is 0.326 e. The van der Waals surface area contributed by atoms with E-state index in [0.29, 0.717) is 6.42 Å². The molecular formula is C16H30N4O5S. The van der Waals surface area contributed by atoms with Gasteiger partial charge in [-0.15, -0.1) is 0 Å². The van der Waals surface area contributed by atoms with Crippen molar-refractivity contribution in [1.82, 2.24) is 16.0 Å². The van der Waals surface area contributed by atoms with Crippen LogP contribution in [0, 0.1) is 5.92 Å². The van der Waals surface area contributed by atoms with Crippen LogP contribution in [0.15, 0.2) is 0 Å². The van der Waals surface area contributed by atoms with Crippen molar-refractivity contribution in [2.45, 2.75) is 58.3 Å². The summed E-state index contributed by atoms with van der Waals surface area (Å²) in [7, 11) is 0. The third-order valence-electron chi connectivity index (χ3n) is 3.70. The summed E-state index contributed by atoms with van der Waals surface area (Å²) in [6, 6.07) is -3.58. The lowest BCUT2D eigenvalue weighted by Crippen LogP contribution is -2.56. The van der Waals surface area contributed by atoms with Gasteiger partial charge < -0.3 is 26.8 Å². The normalized spacial score (nSPS) is 15.5. The highest BCUT2D eigenvalue weighted by Crippen LogP contribution is 2.02. The number of carbonyl (C=O) groups is 4. The van der Waals surface area contributed by atoms with Crippen molar-refractivity contribution in [1.29, 1.82) is 0 Å². The SMILES string of the molecule is CSCCC(N)C(=O)NC(C)C(=O)NC(C)C(=O)NC(C(=O)O)C(C)C. The van der Waals surface area contributed by atoms with Crippen LogP contribution in [0.1, 0.15) is 34.1 Å². The van der Waals surface area contributed by atoms with E-state index in [4.69, 9.17) is 10.8 Å². The van der Waals surface area contributed by atoms with Crippen LogP contribution in [0.3, 0.4) is 0 Å². The Morgan fingerprint density at radius 1 is 0.923 bits per heavy atom. The first-order chi connectivity index (χ1) is 12.0. The maximum atomic E-state index is 12.1. The molecular weight excluding hydrogens is 360 g/mol. The molecule has 0 saturated carbocycles. The molecule has 4 unspecified atom stereocenters. The minimum atomic E-state index is -1.15. The van der Waals surface area contributed by atoms with Gasteiger partial charge in [0.15, 0.2) is 0 Å². The first-order valence-corrected chi connectivity index (χ1v) is 9.79. The Labute approximate surface area is 158 Å². The van der Waals surface area contributed by atoms with E-state index in [-0.39, 0.29) is 5.92 Å². The van der Waals surface area contributed by atoms with Gasteiger partial charge in [0, 0.05) is 0 Å². The van der Waals surface area contributed by atoms with Crippen molar-refractivity contribution in [3.63, 3.8) is 0 Å². The van der Waals surface area contributed by atoms with Gasteiger partial charge in [0.05, 0.1) is 6.04 Å². The van der Waals surface area contributed by atoms with E-state index in [1.165, 1.54) is 13.8 Å². The predicted octanol–water partition coefficient (Wildman–Crippen LogP) is -0.698. The number of aliphatic carboxylic acids is 1. The Morgan fingerprint density at radius 2 is 1.38 bits per heavy atom. The molecule has 0 heterocycles. The van der Waals surface area contributed by atoms with E-state index in [2.05, 4.69) is 16.0 Å². The molecule has 0 aliphatic carbocycles. The van der Waals surface area contributed by atoms with Crippen LogP contribution in [0.4, 0.5) is 0 Å². The van der Waals surface area contributed by atoms with Crippen LogP contribution < -0.4 is 21.7 Å². The molecule has 0 aliphatic rings. The number of carboxylic acid groups (broad SMARTS) is 1. The zero-order chi connectivity index (χ0) is 20.4. The van der Waals surface area contributed by atoms with Gasteiger partial charge in [0.25, 0.3) is 0 Å². The summed E-state index contributed by atoms with van der Waals surface area (Å²) in [5, 5.41) is 16.4. The topological polar surface area (TPSA) is 151 Å². The molecule has 10 heteroatoms. The third-order valence-corrected chi connectivity index (χ3v) is 4.35. The molecule has 150 valence electrons. The minimum Gasteiger partial charge on any atom is -0.480 e. The lowest BCUT2D eigenvalue weighted by molar-refractivity contribution is -0.143. The summed E-state index contributed by atoms with van der Waals surface area (Å²) in [5.41, 5.74) is 5.74. The highest BCUT2D eigenvalue weighted by Gasteiger charge is 2.27. The molecule has 9 nitrogen and oxygen atoms in total. The van der Waals surface area contributed by atoms with Gasteiger partial charge in [0.1, 0.15) is 18.1 Å². The van der Waals surface area contributed by atoms with Crippen molar-refractivity contribution >= 4 is 35.5 Å². The van der Waals surface area contributed by atoms with Crippen molar-refractivity contribution in [3.8, 4) is 0 Å². The highest BCUT2D eigenvalue weighted by atomic mass is 32.2. The van der Waals surface area contributed by atoms with Crippen LogP contribution in [0.5, 0.6) is 0 Å². The zero-order valence-electron chi connectivity index (χ0n) is 15.9. The molecule has 0 radical (unpaired) electrons. The summed E-state index contributed by atoms with van der Waals surface area (Å²) in [5.74, 6) is -2.34. The molecule has 4 atom stereocenters. The van der Waals surface area contributed by atoms with Gasteiger partial charge in [-0.25, -0.2) is 4.79 Å². The molecule has 0 rings (SSSR count). The van der Waals surface area contributed by atoms with Gasteiger partial charge in [-0.1, -0.05) is 13.8 Å². The molecule has 6 N–H and O–H groups in total. The van der Waals surface area contributed by atoms with Crippen LogP contribution in [0.2, 0.25) is 0 Å². The first kappa shape index (κ1) is 24.2. The number of amides is 3. The summed E-state index contributed by atoms with van der Waals surface area (Å²) < 4.78 is 0. The van der Waals surface area contributed by atoms with E-state index in [0.717, 1.165) is 5.75 Å². The average molecular weight is 391 g/mol. The second kappa shape index (κ2) is 11.7. The second-order valence-electron chi connectivity index (χ2n) is 6.42. The molecule has 26 heavy (non-hydrogen) atoms. The molecule has 0 fully saturated rings. The fraction of sp³-hybridized carbons (Fsp3) is 0.750. The van der Waals surface area contributed by atoms with Gasteiger partial charge in [-0.2, -0.15) is 11.8 Å². The third kappa shape index (κ3) is 8.52. The van der Waals surface area contributed by atoms with E-state index in [1.807, 2.05) is 6.26 Å². The standard InChI is InChI=1S/C16H30N4O5S/c1-8(2)12(16(24)25)20-14(22)10(4)18-13(21)9(3)19-15(23)11(17)6-7-26-5/h8-12H,6-7,17H2,1-5H3,(H,18,21)(H,19,23)(H,20,22)(H,24,25). The Bertz CT molecular complexity index is 515. The predicted molar refractivity (Wildman–Crippen MR) is 101 cm³/mol. The van der Waals surface area contributed by atoms with Crippen LogP contribution in [0.25, 0.3) is 0 Å². The van der Waals surface area contributed by atoms with Gasteiger partial charge in [0.2, 0.25) is 17.7 Å².